The molecule has 6 heterocycles. The minimum atomic E-state index is -3.74. The van der Waals surface area contributed by atoms with Crippen molar-refractivity contribution in [1.82, 2.24) is 38.7 Å². The van der Waals surface area contributed by atoms with Crippen LogP contribution in [0, 0.1) is 13.8 Å². The van der Waals surface area contributed by atoms with Crippen molar-refractivity contribution in [3.63, 3.8) is 0 Å². The monoisotopic (exact) mass is 1030 g/mol. The zero-order valence-electron chi connectivity index (χ0n) is 38.1. The lowest BCUT2D eigenvalue weighted by molar-refractivity contribution is 0.278. The molecule has 2 fully saturated rings. The molecule has 0 radical (unpaired) electrons. The van der Waals surface area contributed by atoms with Gasteiger partial charge in [0.05, 0.1) is 28.5 Å². The molecule has 0 unspecified atom stereocenters. The molecular formula is C50H51Cl3N8O6S2. The summed E-state index contributed by atoms with van der Waals surface area (Å²) < 4.78 is 59.4. The number of aliphatic hydroxyl groups excluding tert-OH is 1. The number of halogens is 3. The fourth-order valence-electron chi connectivity index (χ4n) is 8.58. The van der Waals surface area contributed by atoms with Gasteiger partial charge in [0.25, 0.3) is 9.05 Å². The second-order valence-corrected chi connectivity index (χ2v) is 22.0. The third kappa shape index (κ3) is 11.3. The van der Waals surface area contributed by atoms with Crippen molar-refractivity contribution in [2.75, 3.05) is 33.3 Å². The predicted molar refractivity (Wildman–Crippen MR) is 272 cm³/mol. The number of benzene rings is 4. The van der Waals surface area contributed by atoms with Crippen molar-refractivity contribution in [3.05, 3.63) is 148 Å². The molecule has 0 bridgehead atoms. The Balaban J connectivity index is 0.000000156. The van der Waals surface area contributed by atoms with Crippen molar-refractivity contribution in [2.24, 2.45) is 0 Å². The van der Waals surface area contributed by atoms with E-state index in [1.165, 1.54) is 41.7 Å². The average molecular weight is 1030 g/mol. The minimum Gasteiger partial charge on any atom is -0.495 e. The van der Waals surface area contributed by atoms with Crippen LogP contribution in [0.2, 0.25) is 10.0 Å². The summed E-state index contributed by atoms with van der Waals surface area (Å²) in [5, 5.41) is 12.6. The van der Waals surface area contributed by atoms with Crippen LogP contribution in [0.4, 0.5) is 0 Å². The van der Waals surface area contributed by atoms with Crippen LogP contribution in [0.15, 0.2) is 131 Å². The molecule has 2 saturated heterocycles. The zero-order chi connectivity index (χ0) is 48.9. The fourth-order valence-corrected chi connectivity index (χ4v) is 11.5. The van der Waals surface area contributed by atoms with Gasteiger partial charge in [-0.2, -0.15) is 4.31 Å². The number of hydrogen-bond acceptors (Lipinski definition) is 11. The van der Waals surface area contributed by atoms with Crippen LogP contribution in [0.25, 0.3) is 45.1 Å². The minimum absolute atomic E-state index is 0.0728. The number of aryl methyl sites for hydroxylation is 2. The average Bonchev–Trinajstić information content (AvgIpc) is 3.93. The van der Waals surface area contributed by atoms with Crippen molar-refractivity contribution in [1.29, 1.82) is 0 Å². The van der Waals surface area contributed by atoms with Gasteiger partial charge in [-0.1, -0.05) is 89.9 Å². The molecule has 0 saturated carbocycles. The Morgan fingerprint density at radius 3 is 1.59 bits per heavy atom. The topological polar surface area (TPSA) is 174 Å². The van der Waals surface area contributed by atoms with Gasteiger partial charge in [0.15, 0.2) is 11.3 Å². The van der Waals surface area contributed by atoms with E-state index in [4.69, 9.17) is 63.7 Å². The molecule has 360 valence electrons. The van der Waals surface area contributed by atoms with Crippen LogP contribution in [0.1, 0.15) is 54.7 Å². The van der Waals surface area contributed by atoms with Gasteiger partial charge in [-0.15, -0.1) is 0 Å². The lowest BCUT2D eigenvalue weighted by Gasteiger charge is -2.32. The second kappa shape index (κ2) is 21.7. The maximum absolute atomic E-state index is 13.3. The van der Waals surface area contributed by atoms with Crippen LogP contribution >= 0.6 is 33.9 Å². The van der Waals surface area contributed by atoms with E-state index in [-0.39, 0.29) is 32.5 Å². The number of aliphatic hydroxyl groups is 1. The van der Waals surface area contributed by atoms with Crippen molar-refractivity contribution in [2.45, 2.75) is 68.0 Å². The van der Waals surface area contributed by atoms with Crippen LogP contribution in [0.3, 0.4) is 0 Å². The van der Waals surface area contributed by atoms with Gasteiger partial charge in [-0.3, -0.25) is 0 Å². The molecule has 8 aromatic rings. The van der Waals surface area contributed by atoms with Crippen LogP contribution < -0.4 is 10.1 Å². The molecule has 0 aliphatic carbocycles. The van der Waals surface area contributed by atoms with E-state index < -0.39 is 19.1 Å². The van der Waals surface area contributed by atoms with Gasteiger partial charge in [0, 0.05) is 63.4 Å². The molecule has 69 heavy (non-hydrogen) atoms. The van der Waals surface area contributed by atoms with Crippen molar-refractivity contribution >= 4 is 75.3 Å². The van der Waals surface area contributed by atoms with Gasteiger partial charge < -0.3 is 24.3 Å². The molecule has 0 spiro atoms. The highest BCUT2D eigenvalue weighted by molar-refractivity contribution is 8.13. The van der Waals surface area contributed by atoms with E-state index in [0.717, 1.165) is 82.4 Å². The Morgan fingerprint density at radius 2 is 1.13 bits per heavy atom. The first-order valence-electron chi connectivity index (χ1n) is 22.4. The van der Waals surface area contributed by atoms with E-state index in [1.54, 1.807) is 6.07 Å². The predicted octanol–water partition coefficient (Wildman–Crippen LogP) is 10.2. The van der Waals surface area contributed by atoms with Crippen LogP contribution in [0.5, 0.6) is 5.75 Å². The van der Waals surface area contributed by atoms with E-state index in [0.29, 0.717) is 43.3 Å². The lowest BCUT2D eigenvalue weighted by Crippen LogP contribution is -2.39. The SMILES string of the molecule is COc1ccc(S(=O)(=O)N2CCC(n3c(-c4ccccc4)nc4ccc(C)nc43)CC2)cc1Cl.Cc1ccc2nc(-c3ccccc3)n(C3CCNCC3)c2n1.O=S(=O)(Cl)c1ccc(CO)c(Cl)c1. The largest absolute Gasteiger partial charge is 0.495 e. The molecule has 4 aromatic heterocycles. The number of aromatic nitrogens is 6. The molecular weight excluding hydrogens is 979 g/mol. The van der Waals surface area contributed by atoms with Crippen molar-refractivity contribution in [3.8, 4) is 28.5 Å². The van der Waals surface area contributed by atoms with Crippen LogP contribution in [-0.4, -0.2) is 88.6 Å². The number of sulfonamides is 1. The normalized spacial score (nSPS) is 15.1. The number of fused-ring (bicyclic) bond motifs is 2. The zero-order valence-corrected chi connectivity index (χ0v) is 42.0. The molecule has 2 aliphatic rings. The molecule has 19 heteroatoms. The van der Waals surface area contributed by atoms with Gasteiger partial charge in [0.2, 0.25) is 10.0 Å². The number of nitrogens with one attached hydrogen (secondary N) is 1. The van der Waals surface area contributed by atoms with E-state index >= 15 is 0 Å². The summed E-state index contributed by atoms with van der Waals surface area (Å²) in [5.41, 5.74) is 8.29. The molecule has 2 N–H and O–H groups in total. The Bertz CT molecular complexity index is 3310. The highest BCUT2D eigenvalue weighted by atomic mass is 35.7. The summed E-state index contributed by atoms with van der Waals surface area (Å²) in [5.74, 6) is 2.35. The summed E-state index contributed by atoms with van der Waals surface area (Å²) in [6, 6.07) is 37.6. The first-order chi connectivity index (χ1) is 33.2. The first kappa shape index (κ1) is 50.0. The third-order valence-electron chi connectivity index (χ3n) is 12.1. The maximum Gasteiger partial charge on any atom is 0.261 e. The summed E-state index contributed by atoms with van der Waals surface area (Å²) in [4.78, 5) is 19.4. The van der Waals surface area contributed by atoms with E-state index in [9.17, 15) is 16.8 Å². The second-order valence-electron chi connectivity index (χ2n) is 16.7. The Kier molecular flexibility index (Phi) is 15.7. The molecule has 0 amide bonds. The Morgan fingerprint density at radius 1 is 0.638 bits per heavy atom. The number of methoxy groups -OCH3 is 1. The summed E-state index contributed by atoms with van der Waals surface area (Å²) in [6.07, 6.45) is 3.57. The number of piperidine rings is 2. The standard InChI is InChI=1S/C25H25ClN4O3S.C18H20N4.C7H6Cl2O3S/c1-17-8-10-22-25(27-17)30(24(28-22)18-6-4-3-5-7-18)19-12-14-29(15-13-19)34(31,32)20-9-11-23(33-2)21(26)16-20;1-13-7-8-16-18(20-13)22(15-9-11-19-12-10-15)17(21-16)14-5-3-2-4-6-14;8-7-3-6(13(9,11)12)2-1-5(7)4-10/h3-11,16,19H,12-15H2,1-2H3;2-8,15,19H,9-12H2,1H3;1-3,10H,4H2. The third-order valence-corrected chi connectivity index (χ3v) is 16.0. The smallest absolute Gasteiger partial charge is 0.261 e. The number of hydrogen-bond donors (Lipinski definition) is 2. The summed E-state index contributed by atoms with van der Waals surface area (Å²) in [6.45, 7) is 6.69. The summed E-state index contributed by atoms with van der Waals surface area (Å²) in [7, 11) is -0.827. The van der Waals surface area contributed by atoms with E-state index in [1.807, 2.05) is 68.4 Å². The van der Waals surface area contributed by atoms with Gasteiger partial charge in [-0.25, -0.2) is 36.8 Å². The highest BCUT2D eigenvalue weighted by Crippen LogP contribution is 2.36. The maximum atomic E-state index is 13.3. The van der Waals surface area contributed by atoms with E-state index in [2.05, 4.69) is 44.8 Å². The van der Waals surface area contributed by atoms with Gasteiger partial charge in [0.1, 0.15) is 28.4 Å². The first-order valence-corrected chi connectivity index (χ1v) is 26.9. The summed E-state index contributed by atoms with van der Waals surface area (Å²) >= 11 is 11.8. The highest BCUT2D eigenvalue weighted by Gasteiger charge is 2.33. The quantitative estimate of drug-likeness (QED) is 0.132. The number of ether oxygens (including phenoxy) is 1. The number of rotatable bonds is 9. The molecule has 4 aromatic carbocycles. The Labute approximate surface area is 416 Å². The fraction of sp³-hybridized carbons (Fsp3) is 0.280. The Hall–Kier alpha value is -5.43. The lowest BCUT2D eigenvalue weighted by atomic mass is 10.1. The number of pyridine rings is 2. The molecule has 10 rings (SSSR count). The molecule has 0 atom stereocenters. The number of imidazole rings is 2. The number of nitrogens with zero attached hydrogens (tertiary/aromatic N) is 7. The van der Waals surface area contributed by atoms with Gasteiger partial charge in [-0.05, 0) is 113 Å². The molecule has 2 aliphatic heterocycles. The van der Waals surface area contributed by atoms with Crippen LogP contribution in [-0.2, 0) is 25.7 Å². The molecule has 14 nitrogen and oxygen atoms in total. The van der Waals surface area contributed by atoms with Crippen molar-refractivity contribution < 1.29 is 26.7 Å². The van der Waals surface area contributed by atoms with Gasteiger partial charge >= 0.3 is 0 Å².